The van der Waals surface area contributed by atoms with Gasteiger partial charge in [0, 0.05) is 19.6 Å². The Bertz CT molecular complexity index is 380. The largest absolute Gasteiger partial charge is 0.481 e. The number of carboxylic acids is 1. The van der Waals surface area contributed by atoms with Gasteiger partial charge in [-0.15, -0.1) is 0 Å². The third kappa shape index (κ3) is 3.28. The number of carbonyl (C=O) groups is 1. The van der Waals surface area contributed by atoms with Crippen LogP contribution < -0.4 is 0 Å². The summed E-state index contributed by atoms with van der Waals surface area (Å²) in [6.07, 6.45) is -0.172. The van der Waals surface area contributed by atoms with Gasteiger partial charge in [-0.25, -0.2) is 0 Å². The monoisotopic (exact) mass is 235 g/mol. The highest BCUT2D eigenvalue weighted by molar-refractivity contribution is 5.70. The maximum absolute atomic E-state index is 11.0. The standard InChI is InChI=1S/C13H17NO3/c15-12-6-11(13(16)17)8-14(9-12)7-10-4-2-1-3-5-10/h1-5,11-12,15H,6-9H2,(H,16,17)/t11-,12-/m0/s1. The lowest BCUT2D eigenvalue weighted by atomic mass is 9.96. The number of piperidine rings is 1. The number of hydrogen-bond acceptors (Lipinski definition) is 3. The summed E-state index contributed by atoms with van der Waals surface area (Å²) in [6.45, 7) is 1.77. The lowest BCUT2D eigenvalue weighted by Gasteiger charge is -2.33. The van der Waals surface area contributed by atoms with Crippen LogP contribution in [0.2, 0.25) is 0 Å². The van der Waals surface area contributed by atoms with Gasteiger partial charge in [0.2, 0.25) is 0 Å². The predicted molar refractivity (Wildman–Crippen MR) is 63.5 cm³/mol. The first-order chi connectivity index (χ1) is 8.15. The van der Waals surface area contributed by atoms with Gasteiger partial charge in [0.25, 0.3) is 0 Å². The van der Waals surface area contributed by atoms with E-state index in [2.05, 4.69) is 0 Å². The molecule has 92 valence electrons. The molecule has 2 atom stereocenters. The van der Waals surface area contributed by atoms with Crippen LogP contribution in [-0.4, -0.2) is 40.3 Å². The average molecular weight is 235 g/mol. The number of aliphatic carboxylic acids is 1. The highest BCUT2D eigenvalue weighted by Gasteiger charge is 2.30. The van der Waals surface area contributed by atoms with Gasteiger partial charge in [-0.2, -0.15) is 0 Å². The van der Waals surface area contributed by atoms with Crippen LogP contribution in [0.15, 0.2) is 30.3 Å². The van der Waals surface area contributed by atoms with Crippen LogP contribution in [0.4, 0.5) is 0 Å². The van der Waals surface area contributed by atoms with E-state index in [1.165, 1.54) is 0 Å². The summed E-state index contributed by atoms with van der Waals surface area (Å²) in [5.74, 6) is -1.27. The summed E-state index contributed by atoms with van der Waals surface area (Å²) in [5, 5.41) is 18.7. The molecule has 1 heterocycles. The van der Waals surface area contributed by atoms with E-state index in [0.717, 1.165) is 5.56 Å². The van der Waals surface area contributed by atoms with E-state index in [9.17, 15) is 9.90 Å². The zero-order valence-corrected chi connectivity index (χ0v) is 9.62. The molecule has 0 bridgehead atoms. The number of benzene rings is 1. The number of rotatable bonds is 3. The minimum atomic E-state index is -0.818. The fraction of sp³-hybridized carbons (Fsp3) is 0.462. The molecule has 4 nitrogen and oxygen atoms in total. The lowest BCUT2D eigenvalue weighted by Crippen LogP contribution is -2.45. The van der Waals surface area contributed by atoms with Crippen molar-refractivity contribution < 1.29 is 15.0 Å². The molecule has 1 aliphatic heterocycles. The zero-order chi connectivity index (χ0) is 12.3. The second-order valence-electron chi connectivity index (χ2n) is 4.60. The molecule has 1 aromatic carbocycles. The number of aliphatic hydroxyl groups is 1. The first kappa shape index (κ1) is 12.1. The maximum atomic E-state index is 11.0. The minimum absolute atomic E-state index is 0.362. The van der Waals surface area contributed by atoms with Gasteiger partial charge >= 0.3 is 5.97 Å². The smallest absolute Gasteiger partial charge is 0.307 e. The van der Waals surface area contributed by atoms with Crippen molar-refractivity contribution in [3.05, 3.63) is 35.9 Å². The molecule has 4 heteroatoms. The number of β-amino-alcohol motifs (C(OH)–C–C–N with tert-alkyl or cyclic N) is 1. The van der Waals surface area contributed by atoms with E-state index < -0.39 is 18.0 Å². The fourth-order valence-electron chi connectivity index (χ4n) is 2.31. The predicted octanol–water partition coefficient (Wildman–Crippen LogP) is 0.954. The van der Waals surface area contributed by atoms with E-state index in [0.29, 0.717) is 26.1 Å². The topological polar surface area (TPSA) is 60.8 Å². The molecule has 0 aromatic heterocycles. The van der Waals surface area contributed by atoms with Gasteiger partial charge in [0.1, 0.15) is 0 Å². The first-order valence-electron chi connectivity index (χ1n) is 5.82. The van der Waals surface area contributed by atoms with Crippen molar-refractivity contribution in [3.8, 4) is 0 Å². The van der Waals surface area contributed by atoms with Gasteiger partial charge in [-0.1, -0.05) is 30.3 Å². The van der Waals surface area contributed by atoms with E-state index in [1.807, 2.05) is 35.2 Å². The zero-order valence-electron chi connectivity index (χ0n) is 9.62. The highest BCUT2D eigenvalue weighted by atomic mass is 16.4. The van der Waals surface area contributed by atoms with Gasteiger partial charge < -0.3 is 10.2 Å². The van der Waals surface area contributed by atoms with Crippen molar-refractivity contribution in [1.82, 2.24) is 4.90 Å². The average Bonchev–Trinajstić information content (AvgIpc) is 2.29. The van der Waals surface area contributed by atoms with Crippen LogP contribution in [0.25, 0.3) is 0 Å². The molecule has 17 heavy (non-hydrogen) atoms. The summed E-state index contributed by atoms with van der Waals surface area (Å²) in [5.41, 5.74) is 1.14. The van der Waals surface area contributed by atoms with E-state index in [-0.39, 0.29) is 0 Å². The van der Waals surface area contributed by atoms with Crippen LogP contribution >= 0.6 is 0 Å². The molecule has 0 amide bonds. The molecular formula is C13H17NO3. The van der Waals surface area contributed by atoms with E-state index in [1.54, 1.807) is 0 Å². The third-order valence-corrected chi connectivity index (χ3v) is 3.10. The molecule has 1 saturated heterocycles. The molecule has 0 saturated carbocycles. The Morgan fingerprint density at radius 2 is 2.00 bits per heavy atom. The van der Waals surface area contributed by atoms with Crippen LogP contribution in [0.5, 0.6) is 0 Å². The fourth-order valence-corrected chi connectivity index (χ4v) is 2.31. The second kappa shape index (κ2) is 5.29. The van der Waals surface area contributed by atoms with Crippen molar-refractivity contribution >= 4 is 5.97 Å². The molecule has 0 radical (unpaired) electrons. The highest BCUT2D eigenvalue weighted by Crippen LogP contribution is 2.19. The van der Waals surface area contributed by atoms with Gasteiger partial charge in [0.15, 0.2) is 0 Å². The van der Waals surface area contributed by atoms with Gasteiger partial charge in [-0.3, -0.25) is 9.69 Å². The molecule has 1 aliphatic rings. The van der Waals surface area contributed by atoms with E-state index in [4.69, 9.17) is 5.11 Å². The molecule has 0 unspecified atom stereocenters. The van der Waals surface area contributed by atoms with Crippen molar-refractivity contribution in [2.75, 3.05) is 13.1 Å². The summed E-state index contributed by atoms with van der Waals surface area (Å²) >= 11 is 0. The molecular weight excluding hydrogens is 218 g/mol. The van der Waals surface area contributed by atoms with Crippen molar-refractivity contribution in [2.45, 2.75) is 19.1 Å². The summed E-state index contributed by atoms with van der Waals surface area (Å²) in [7, 11) is 0. The number of aliphatic hydroxyl groups excluding tert-OH is 1. The maximum Gasteiger partial charge on any atom is 0.307 e. The van der Waals surface area contributed by atoms with E-state index >= 15 is 0 Å². The Hall–Kier alpha value is -1.39. The molecule has 2 N–H and O–H groups in total. The number of hydrogen-bond donors (Lipinski definition) is 2. The Morgan fingerprint density at radius 1 is 1.29 bits per heavy atom. The van der Waals surface area contributed by atoms with Crippen LogP contribution in [-0.2, 0) is 11.3 Å². The number of carboxylic acid groups (broad SMARTS) is 1. The Labute approximate surface area is 100 Å². The number of nitrogens with zero attached hydrogens (tertiary/aromatic N) is 1. The summed E-state index contributed by atoms with van der Waals surface area (Å²) in [6, 6.07) is 9.90. The van der Waals surface area contributed by atoms with Crippen LogP contribution in [0.1, 0.15) is 12.0 Å². The minimum Gasteiger partial charge on any atom is -0.481 e. The molecule has 0 spiro atoms. The Balaban J connectivity index is 1.99. The third-order valence-electron chi connectivity index (χ3n) is 3.10. The van der Waals surface area contributed by atoms with Crippen LogP contribution in [0.3, 0.4) is 0 Å². The molecule has 1 fully saturated rings. The van der Waals surface area contributed by atoms with Gasteiger partial charge in [0.05, 0.1) is 12.0 Å². The normalized spacial score (nSPS) is 25.7. The summed E-state index contributed by atoms with van der Waals surface area (Å²) in [4.78, 5) is 13.0. The molecule has 1 aromatic rings. The Kier molecular flexibility index (Phi) is 3.76. The van der Waals surface area contributed by atoms with Crippen molar-refractivity contribution in [2.24, 2.45) is 5.92 Å². The molecule has 2 rings (SSSR count). The molecule has 0 aliphatic carbocycles. The summed E-state index contributed by atoms with van der Waals surface area (Å²) < 4.78 is 0. The Morgan fingerprint density at radius 3 is 2.65 bits per heavy atom. The van der Waals surface area contributed by atoms with Crippen molar-refractivity contribution in [3.63, 3.8) is 0 Å². The van der Waals surface area contributed by atoms with Crippen molar-refractivity contribution in [1.29, 1.82) is 0 Å². The van der Waals surface area contributed by atoms with Gasteiger partial charge in [-0.05, 0) is 12.0 Å². The lowest BCUT2D eigenvalue weighted by molar-refractivity contribution is -0.145. The SMILES string of the molecule is O=C(O)[C@H]1C[C@H](O)CN(Cc2ccccc2)C1. The number of likely N-dealkylation sites (tertiary alicyclic amines) is 1. The second-order valence-corrected chi connectivity index (χ2v) is 4.60. The van der Waals surface area contributed by atoms with Crippen LogP contribution in [0, 0.1) is 5.92 Å². The first-order valence-corrected chi connectivity index (χ1v) is 5.82. The quantitative estimate of drug-likeness (QED) is 0.819.